The predicted octanol–water partition coefficient (Wildman–Crippen LogP) is 3.52. The maximum atomic E-state index is 11.9. The second-order valence-corrected chi connectivity index (χ2v) is 7.52. The maximum absolute atomic E-state index is 11.9. The van der Waals surface area contributed by atoms with Gasteiger partial charge >= 0.3 is 5.97 Å². The van der Waals surface area contributed by atoms with Crippen LogP contribution < -0.4 is 5.32 Å². The number of esters is 1. The molecular weight excluding hydrogens is 400 g/mol. The van der Waals surface area contributed by atoms with Gasteiger partial charge in [-0.15, -0.1) is 11.3 Å². The highest BCUT2D eigenvalue weighted by atomic mass is 35.5. The van der Waals surface area contributed by atoms with Crippen molar-refractivity contribution in [1.29, 1.82) is 0 Å². The molecule has 1 heterocycles. The highest BCUT2D eigenvalue weighted by Crippen LogP contribution is 2.23. The summed E-state index contributed by atoms with van der Waals surface area (Å²) in [6.45, 7) is 0.0203. The minimum Gasteiger partial charge on any atom is -0.452 e. The number of amides is 1. The highest BCUT2D eigenvalue weighted by molar-refractivity contribution is 7.98. The van der Waals surface area contributed by atoms with Gasteiger partial charge in [0.2, 0.25) is 0 Å². The van der Waals surface area contributed by atoms with E-state index in [1.807, 2.05) is 11.4 Å². The summed E-state index contributed by atoms with van der Waals surface area (Å²) in [7, 11) is 0. The van der Waals surface area contributed by atoms with Crippen LogP contribution in [0.2, 0.25) is 5.02 Å². The molecule has 0 bridgehead atoms. The number of hydrogen-bond donors (Lipinski definition) is 1. The summed E-state index contributed by atoms with van der Waals surface area (Å²) in [5, 5.41) is 15.2. The lowest BCUT2D eigenvalue weighted by molar-refractivity contribution is -0.384. The van der Waals surface area contributed by atoms with Crippen molar-refractivity contribution in [3.8, 4) is 0 Å². The normalized spacial score (nSPS) is 10.3. The third-order valence-electron chi connectivity index (χ3n) is 3.11. The predicted molar refractivity (Wildman–Crippen MR) is 102 cm³/mol. The van der Waals surface area contributed by atoms with Crippen LogP contribution in [0.3, 0.4) is 0 Å². The molecule has 0 atom stereocenters. The Balaban J connectivity index is 1.68. The van der Waals surface area contributed by atoms with E-state index in [0.717, 1.165) is 23.6 Å². The molecule has 1 amide bonds. The first-order valence-electron chi connectivity index (χ1n) is 7.45. The van der Waals surface area contributed by atoms with E-state index in [9.17, 15) is 19.7 Å². The topological polar surface area (TPSA) is 98.5 Å². The van der Waals surface area contributed by atoms with Gasteiger partial charge in [-0.1, -0.05) is 17.7 Å². The number of thioether (sulfide) groups is 1. The van der Waals surface area contributed by atoms with E-state index in [1.54, 1.807) is 23.1 Å². The largest absolute Gasteiger partial charge is 0.452 e. The van der Waals surface area contributed by atoms with E-state index in [0.29, 0.717) is 6.54 Å². The molecule has 0 aliphatic carbocycles. The number of nitro groups is 1. The Hall–Kier alpha value is -2.10. The number of halogens is 1. The van der Waals surface area contributed by atoms with Crippen LogP contribution in [0.25, 0.3) is 0 Å². The molecule has 0 spiro atoms. The van der Waals surface area contributed by atoms with Crippen molar-refractivity contribution < 1.29 is 19.2 Å². The van der Waals surface area contributed by atoms with Gasteiger partial charge in [0.25, 0.3) is 11.6 Å². The van der Waals surface area contributed by atoms with Crippen LogP contribution >= 0.6 is 34.7 Å². The number of nitrogens with zero attached hydrogens (tertiary/aromatic N) is 1. The number of ether oxygens (including phenoxy) is 1. The van der Waals surface area contributed by atoms with Crippen LogP contribution in [0.4, 0.5) is 5.69 Å². The number of nitrogens with one attached hydrogen (secondary N) is 1. The number of non-ortho nitro benzene ring substituents is 1. The molecule has 10 heteroatoms. The summed E-state index contributed by atoms with van der Waals surface area (Å²) in [5.74, 6) is 0.396. The third kappa shape index (κ3) is 6.32. The van der Waals surface area contributed by atoms with Crippen LogP contribution in [0.5, 0.6) is 0 Å². The van der Waals surface area contributed by atoms with E-state index < -0.39 is 23.4 Å². The van der Waals surface area contributed by atoms with E-state index in [2.05, 4.69) is 11.4 Å². The van der Waals surface area contributed by atoms with Crippen LogP contribution in [0, 0.1) is 10.1 Å². The van der Waals surface area contributed by atoms with Crippen molar-refractivity contribution in [2.45, 2.75) is 5.75 Å². The molecule has 2 rings (SSSR count). The molecule has 138 valence electrons. The molecule has 0 saturated carbocycles. The standard InChI is InChI=1S/C16H15ClN2O5S2/c17-14-8-11(19(22)23)3-4-13(14)16(21)24-9-15(20)18-5-7-25-10-12-2-1-6-26-12/h1-4,6,8H,5,7,9-10H2,(H,18,20). The smallest absolute Gasteiger partial charge is 0.340 e. The van der Waals surface area contributed by atoms with Crippen molar-refractivity contribution in [2.24, 2.45) is 0 Å². The Morgan fingerprint density at radius 2 is 2.15 bits per heavy atom. The van der Waals surface area contributed by atoms with Gasteiger partial charge in [0.1, 0.15) is 0 Å². The molecule has 0 saturated heterocycles. The number of thiophene rings is 1. The minimum atomic E-state index is -0.813. The Labute approximate surface area is 162 Å². The maximum Gasteiger partial charge on any atom is 0.340 e. The fraction of sp³-hybridized carbons (Fsp3) is 0.250. The van der Waals surface area contributed by atoms with Gasteiger partial charge in [-0.3, -0.25) is 14.9 Å². The molecule has 7 nitrogen and oxygen atoms in total. The first kappa shape index (κ1) is 20.2. The van der Waals surface area contributed by atoms with Gasteiger partial charge in [0.05, 0.1) is 15.5 Å². The number of rotatable bonds is 9. The number of carbonyl (C=O) groups is 2. The Morgan fingerprint density at radius 1 is 1.35 bits per heavy atom. The lowest BCUT2D eigenvalue weighted by atomic mass is 10.2. The van der Waals surface area contributed by atoms with Crippen molar-refractivity contribution in [3.05, 3.63) is 61.3 Å². The fourth-order valence-electron chi connectivity index (χ4n) is 1.87. The molecule has 0 aliphatic rings. The average Bonchev–Trinajstić information content (AvgIpc) is 3.12. The van der Waals surface area contributed by atoms with E-state index in [-0.39, 0.29) is 16.3 Å². The van der Waals surface area contributed by atoms with Crippen LogP contribution in [-0.4, -0.2) is 35.7 Å². The van der Waals surface area contributed by atoms with Crippen molar-refractivity contribution in [3.63, 3.8) is 0 Å². The van der Waals surface area contributed by atoms with Gasteiger partial charge in [-0.05, 0) is 17.5 Å². The molecule has 26 heavy (non-hydrogen) atoms. The first-order chi connectivity index (χ1) is 12.5. The van der Waals surface area contributed by atoms with Crippen LogP contribution in [0.15, 0.2) is 35.7 Å². The molecule has 0 radical (unpaired) electrons. The first-order valence-corrected chi connectivity index (χ1v) is 9.86. The van der Waals surface area contributed by atoms with Crippen molar-refractivity contribution in [1.82, 2.24) is 5.32 Å². The summed E-state index contributed by atoms with van der Waals surface area (Å²) >= 11 is 9.22. The van der Waals surface area contributed by atoms with Gasteiger partial charge < -0.3 is 10.1 Å². The van der Waals surface area contributed by atoms with E-state index in [1.165, 1.54) is 10.9 Å². The zero-order valence-corrected chi connectivity index (χ0v) is 15.9. The molecule has 0 aliphatic heterocycles. The van der Waals surface area contributed by atoms with Gasteiger partial charge in [-0.2, -0.15) is 11.8 Å². The zero-order chi connectivity index (χ0) is 18.9. The molecule has 0 fully saturated rings. The molecule has 1 N–H and O–H groups in total. The van der Waals surface area contributed by atoms with Crippen molar-refractivity contribution in [2.75, 3.05) is 18.9 Å². The second-order valence-electron chi connectivity index (χ2n) is 4.98. The van der Waals surface area contributed by atoms with Crippen LogP contribution in [-0.2, 0) is 15.3 Å². The summed E-state index contributed by atoms with van der Waals surface area (Å²) in [5.41, 5.74) is -0.263. The number of hydrogen-bond acceptors (Lipinski definition) is 7. The molecule has 1 aromatic heterocycles. The van der Waals surface area contributed by atoms with Gasteiger partial charge in [0, 0.05) is 35.1 Å². The summed E-state index contributed by atoms with van der Waals surface area (Å²) < 4.78 is 4.88. The van der Waals surface area contributed by atoms with Crippen molar-refractivity contribution >= 4 is 52.3 Å². The average molecular weight is 415 g/mol. The van der Waals surface area contributed by atoms with Gasteiger partial charge in [0.15, 0.2) is 6.61 Å². The molecular formula is C16H15ClN2O5S2. The summed E-state index contributed by atoms with van der Waals surface area (Å²) in [4.78, 5) is 34.9. The summed E-state index contributed by atoms with van der Waals surface area (Å²) in [6, 6.07) is 7.45. The Morgan fingerprint density at radius 3 is 2.81 bits per heavy atom. The minimum absolute atomic E-state index is 0.0310. The SMILES string of the molecule is O=C(COC(=O)c1ccc([N+](=O)[O-])cc1Cl)NCCSCc1cccs1. The monoisotopic (exact) mass is 414 g/mol. The summed E-state index contributed by atoms with van der Waals surface area (Å²) in [6.07, 6.45) is 0. The fourth-order valence-corrected chi connectivity index (χ4v) is 3.82. The second kappa shape index (κ2) is 10.1. The number of carbonyl (C=O) groups excluding carboxylic acids is 2. The Bertz CT molecular complexity index is 783. The number of benzene rings is 1. The highest BCUT2D eigenvalue weighted by Gasteiger charge is 2.17. The number of nitro benzene ring substituents is 1. The quantitative estimate of drug-likeness (QED) is 0.292. The molecule has 1 aromatic carbocycles. The van der Waals surface area contributed by atoms with Gasteiger partial charge in [-0.25, -0.2) is 4.79 Å². The lowest BCUT2D eigenvalue weighted by Gasteiger charge is -2.07. The third-order valence-corrected chi connectivity index (χ3v) is 5.49. The molecule has 0 unspecified atom stereocenters. The van der Waals surface area contributed by atoms with E-state index in [4.69, 9.17) is 16.3 Å². The van der Waals surface area contributed by atoms with E-state index >= 15 is 0 Å². The van der Waals surface area contributed by atoms with Crippen LogP contribution in [0.1, 0.15) is 15.2 Å². The zero-order valence-electron chi connectivity index (χ0n) is 13.5. The molecule has 2 aromatic rings. The lowest BCUT2D eigenvalue weighted by Crippen LogP contribution is -2.30. The Kier molecular flexibility index (Phi) is 7.89.